The first-order chi connectivity index (χ1) is 8.51. The van der Waals surface area contributed by atoms with Crippen molar-refractivity contribution in [3.63, 3.8) is 0 Å². The van der Waals surface area contributed by atoms with Crippen LogP contribution in [0.15, 0.2) is 0 Å². The predicted octanol–water partition coefficient (Wildman–Crippen LogP) is 1.85. The van der Waals surface area contributed by atoms with Gasteiger partial charge in [-0.2, -0.15) is 0 Å². The number of nitrogens with zero attached hydrogens (tertiary/aromatic N) is 1. The third kappa shape index (κ3) is 3.06. The maximum Gasteiger partial charge on any atom is 0.216 e. The van der Waals surface area contributed by atoms with Crippen LogP contribution in [-0.4, -0.2) is 37.1 Å². The average molecular weight is 274 g/mol. The first kappa shape index (κ1) is 14.3. The van der Waals surface area contributed by atoms with E-state index in [-0.39, 0.29) is 17.3 Å². The molecule has 0 unspecified atom stereocenters. The minimum atomic E-state index is -3.09. The summed E-state index contributed by atoms with van der Waals surface area (Å²) in [4.78, 5) is 0. The van der Waals surface area contributed by atoms with Crippen LogP contribution in [0.5, 0.6) is 0 Å². The van der Waals surface area contributed by atoms with Gasteiger partial charge >= 0.3 is 0 Å². The summed E-state index contributed by atoms with van der Waals surface area (Å²) in [7, 11) is -1.32. The summed E-state index contributed by atoms with van der Waals surface area (Å²) in [6, 6.07) is 0.448. The van der Waals surface area contributed by atoms with E-state index in [9.17, 15) is 8.42 Å². The molecule has 4 nitrogen and oxygen atoms in total. The zero-order valence-electron chi connectivity index (χ0n) is 11.3. The molecule has 2 fully saturated rings. The van der Waals surface area contributed by atoms with Crippen molar-refractivity contribution in [1.29, 1.82) is 0 Å². The second kappa shape index (κ2) is 5.88. The summed E-state index contributed by atoms with van der Waals surface area (Å²) < 4.78 is 26.8. The number of nitrogens with two attached hydrogens (primary N) is 1. The van der Waals surface area contributed by atoms with E-state index >= 15 is 0 Å². The summed E-state index contributed by atoms with van der Waals surface area (Å²) >= 11 is 0. The van der Waals surface area contributed by atoms with Crippen LogP contribution in [-0.2, 0) is 10.0 Å². The summed E-state index contributed by atoms with van der Waals surface area (Å²) in [6.07, 6.45) is 8.75. The van der Waals surface area contributed by atoms with Gasteiger partial charge in [0.1, 0.15) is 0 Å². The van der Waals surface area contributed by atoms with Gasteiger partial charge in [-0.05, 0) is 38.5 Å². The molecule has 2 N–H and O–H groups in total. The molecule has 2 saturated carbocycles. The van der Waals surface area contributed by atoms with E-state index in [4.69, 9.17) is 5.73 Å². The van der Waals surface area contributed by atoms with Crippen molar-refractivity contribution in [3.8, 4) is 0 Å². The minimum Gasteiger partial charge on any atom is -0.328 e. The highest BCUT2D eigenvalue weighted by Crippen LogP contribution is 2.29. The Morgan fingerprint density at radius 3 is 2.06 bits per heavy atom. The lowest BCUT2D eigenvalue weighted by atomic mass is 9.92. The Labute approximate surface area is 111 Å². The Kier molecular flexibility index (Phi) is 4.67. The van der Waals surface area contributed by atoms with Crippen LogP contribution in [0.4, 0.5) is 0 Å². The fraction of sp³-hybridized carbons (Fsp3) is 1.00. The molecule has 0 saturated heterocycles. The van der Waals surface area contributed by atoms with Crippen molar-refractivity contribution >= 4 is 10.0 Å². The third-order valence-corrected chi connectivity index (χ3v) is 7.05. The van der Waals surface area contributed by atoms with Gasteiger partial charge in [-0.1, -0.05) is 19.3 Å². The maximum absolute atomic E-state index is 12.6. The highest BCUT2D eigenvalue weighted by Gasteiger charge is 2.35. The second-order valence-corrected chi connectivity index (χ2v) is 8.16. The zero-order chi connectivity index (χ0) is 13.2. The molecule has 0 amide bonds. The fourth-order valence-electron chi connectivity index (χ4n) is 3.27. The lowest BCUT2D eigenvalue weighted by molar-refractivity contribution is 0.264. The van der Waals surface area contributed by atoms with Gasteiger partial charge in [0, 0.05) is 19.1 Å². The van der Waals surface area contributed by atoms with Gasteiger partial charge in [0.15, 0.2) is 0 Å². The number of hydrogen-bond donors (Lipinski definition) is 1. The SMILES string of the molecule is CN(C1CCC(N)CC1)S(=O)(=O)C1CCCCC1. The molecule has 0 aliphatic heterocycles. The van der Waals surface area contributed by atoms with E-state index in [2.05, 4.69) is 0 Å². The van der Waals surface area contributed by atoms with Crippen LogP contribution in [0.25, 0.3) is 0 Å². The normalized spacial score (nSPS) is 31.7. The number of hydrogen-bond acceptors (Lipinski definition) is 3. The van der Waals surface area contributed by atoms with Gasteiger partial charge in [0.2, 0.25) is 10.0 Å². The van der Waals surface area contributed by atoms with Gasteiger partial charge in [0.25, 0.3) is 0 Å². The van der Waals surface area contributed by atoms with Crippen molar-refractivity contribution < 1.29 is 8.42 Å². The molecule has 2 aliphatic carbocycles. The third-order valence-electron chi connectivity index (χ3n) is 4.63. The quantitative estimate of drug-likeness (QED) is 0.854. The van der Waals surface area contributed by atoms with E-state index in [1.165, 1.54) is 6.42 Å². The smallest absolute Gasteiger partial charge is 0.216 e. The van der Waals surface area contributed by atoms with Crippen molar-refractivity contribution in [2.24, 2.45) is 5.73 Å². The Morgan fingerprint density at radius 2 is 1.50 bits per heavy atom. The van der Waals surface area contributed by atoms with Gasteiger partial charge in [-0.3, -0.25) is 0 Å². The zero-order valence-corrected chi connectivity index (χ0v) is 12.2. The number of sulfonamides is 1. The summed E-state index contributed by atoms with van der Waals surface area (Å²) in [6.45, 7) is 0. The molecule has 0 radical (unpaired) electrons. The Hall–Kier alpha value is -0.130. The Morgan fingerprint density at radius 1 is 0.944 bits per heavy atom. The lowest BCUT2D eigenvalue weighted by Gasteiger charge is -2.35. The molecule has 0 spiro atoms. The Bertz CT molecular complexity index is 355. The van der Waals surface area contributed by atoms with Crippen molar-refractivity contribution in [3.05, 3.63) is 0 Å². The first-order valence-electron chi connectivity index (χ1n) is 7.24. The van der Waals surface area contributed by atoms with Crippen LogP contribution in [0, 0.1) is 0 Å². The average Bonchev–Trinajstić information content (AvgIpc) is 2.40. The van der Waals surface area contributed by atoms with E-state index in [0.717, 1.165) is 51.4 Å². The predicted molar refractivity (Wildman–Crippen MR) is 73.8 cm³/mol. The van der Waals surface area contributed by atoms with Crippen LogP contribution in [0.1, 0.15) is 57.8 Å². The van der Waals surface area contributed by atoms with E-state index in [0.29, 0.717) is 0 Å². The molecule has 0 aromatic rings. The standard InChI is InChI=1S/C13H26N2O2S/c1-15(12-9-7-11(14)8-10-12)18(16,17)13-5-3-2-4-6-13/h11-13H,2-10,14H2,1H3. The molecular weight excluding hydrogens is 248 g/mol. The van der Waals surface area contributed by atoms with Gasteiger partial charge in [-0.15, -0.1) is 0 Å². The minimum absolute atomic E-state index is 0.133. The molecule has 2 rings (SSSR count). The highest BCUT2D eigenvalue weighted by molar-refractivity contribution is 7.89. The summed E-state index contributed by atoms with van der Waals surface area (Å²) in [5.74, 6) is 0. The molecule has 0 aromatic carbocycles. The Balaban J connectivity index is 2.00. The molecule has 106 valence electrons. The van der Waals surface area contributed by atoms with Crippen LogP contribution < -0.4 is 5.73 Å². The van der Waals surface area contributed by atoms with E-state index in [1.807, 2.05) is 0 Å². The topological polar surface area (TPSA) is 63.4 Å². The van der Waals surface area contributed by atoms with Crippen LogP contribution in [0.3, 0.4) is 0 Å². The highest BCUT2D eigenvalue weighted by atomic mass is 32.2. The summed E-state index contributed by atoms with van der Waals surface area (Å²) in [5.41, 5.74) is 5.88. The van der Waals surface area contributed by atoms with Gasteiger partial charge in [-0.25, -0.2) is 12.7 Å². The van der Waals surface area contributed by atoms with Gasteiger partial charge < -0.3 is 5.73 Å². The number of rotatable bonds is 3. The van der Waals surface area contributed by atoms with Crippen LogP contribution >= 0.6 is 0 Å². The molecule has 5 heteroatoms. The summed E-state index contributed by atoms with van der Waals surface area (Å²) in [5, 5.41) is -0.133. The van der Waals surface area contributed by atoms with E-state index < -0.39 is 10.0 Å². The molecule has 0 aromatic heterocycles. The van der Waals surface area contributed by atoms with Crippen molar-refractivity contribution in [2.45, 2.75) is 75.1 Å². The van der Waals surface area contributed by atoms with Crippen molar-refractivity contribution in [1.82, 2.24) is 4.31 Å². The second-order valence-electron chi connectivity index (χ2n) is 5.89. The van der Waals surface area contributed by atoms with Crippen molar-refractivity contribution in [2.75, 3.05) is 7.05 Å². The fourth-order valence-corrected chi connectivity index (χ4v) is 5.30. The molecule has 0 heterocycles. The van der Waals surface area contributed by atoms with E-state index in [1.54, 1.807) is 11.4 Å². The largest absolute Gasteiger partial charge is 0.328 e. The molecule has 18 heavy (non-hydrogen) atoms. The molecule has 2 aliphatic rings. The van der Waals surface area contributed by atoms with Gasteiger partial charge in [0.05, 0.1) is 5.25 Å². The molecule has 0 bridgehead atoms. The lowest BCUT2D eigenvalue weighted by Crippen LogP contribution is -2.45. The molecular formula is C13H26N2O2S. The monoisotopic (exact) mass is 274 g/mol. The van der Waals surface area contributed by atoms with Crippen LogP contribution in [0.2, 0.25) is 0 Å². The maximum atomic E-state index is 12.6. The molecule has 0 atom stereocenters. The first-order valence-corrected chi connectivity index (χ1v) is 8.74.